The van der Waals surface area contributed by atoms with Crippen LogP contribution in [0.1, 0.15) is 41.8 Å². The number of carbonyl (C=O) groups is 1. The van der Waals surface area contributed by atoms with Gasteiger partial charge >= 0.3 is 0 Å². The van der Waals surface area contributed by atoms with Gasteiger partial charge in [-0.25, -0.2) is 0 Å². The number of hydrogen-bond donors (Lipinski definition) is 1. The van der Waals surface area contributed by atoms with Crippen LogP contribution in [-0.2, 0) is 0 Å². The third-order valence-electron chi connectivity index (χ3n) is 6.60. The van der Waals surface area contributed by atoms with Gasteiger partial charge in [0.25, 0.3) is 0 Å². The molecule has 4 aromatic rings. The number of benzene rings is 3. The Morgan fingerprint density at radius 2 is 1.85 bits per heavy atom. The summed E-state index contributed by atoms with van der Waals surface area (Å²) >= 11 is 0. The van der Waals surface area contributed by atoms with Crippen molar-refractivity contribution >= 4 is 27.5 Å². The van der Waals surface area contributed by atoms with E-state index in [-0.39, 0.29) is 12.4 Å². The van der Waals surface area contributed by atoms with E-state index in [1.807, 2.05) is 18.2 Å². The molecule has 3 aromatic carbocycles. The van der Waals surface area contributed by atoms with E-state index in [1.54, 1.807) is 6.07 Å². The van der Waals surface area contributed by atoms with Crippen molar-refractivity contribution < 1.29 is 19.1 Å². The molecule has 170 valence electrons. The number of ketones is 1. The number of Topliss-reactive ketones (excluding diaryl/α,β-unsaturated/α-hetero) is 1. The molecule has 33 heavy (non-hydrogen) atoms. The van der Waals surface area contributed by atoms with Crippen molar-refractivity contribution in [1.29, 1.82) is 0 Å². The normalized spacial score (nSPS) is 16.3. The first-order valence-electron chi connectivity index (χ1n) is 11.6. The second kappa shape index (κ2) is 9.38. The Morgan fingerprint density at radius 1 is 1.06 bits per heavy atom. The van der Waals surface area contributed by atoms with Crippen molar-refractivity contribution in [2.24, 2.45) is 0 Å². The van der Waals surface area contributed by atoms with E-state index in [4.69, 9.17) is 9.15 Å². The van der Waals surface area contributed by atoms with Crippen molar-refractivity contribution in [2.75, 3.05) is 26.2 Å². The molecule has 5 heteroatoms. The molecule has 0 spiro atoms. The van der Waals surface area contributed by atoms with Crippen LogP contribution in [0.4, 0.5) is 0 Å². The number of aliphatic hydroxyl groups excluding tert-OH is 1. The monoisotopic (exact) mass is 443 g/mol. The van der Waals surface area contributed by atoms with Crippen LogP contribution in [0.5, 0.6) is 5.75 Å². The molecule has 1 atom stereocenters. The van der Waals surface area contributed by atoms with Gasteiger partial charge < -0.3 is 19.2 Å². The van der Waals surface area contributed by atoms with Crippen LogP contribution in [-0.4, -0.2) is 48.1 Å². The summed E-state index contributed by atoms with van der Waals surface area (Å²) in [6.45, 7) is 4.20. The minimum Gasteiger partial charge on any atom is -0.490 e. The summed E-state index contributed by atoms with van der Waals surface area (Å²) in [5, 5.41) is 13.9. The summed E-state index contributed by atoms with van der Waals surface area (Å²) in [4.78, 5) is 13.9. The minimum atomic E-state index is -0.586. The summed E-state index contributed by atoms with van der Waals surface area (Å²) in [6, 6.07) is 22.5. The smallest absolute Gasteiger partial charge is 0.194 e. The number of piperidine rings is 1. The molecule has 0 radical (unpaired) electrons. The fourth-order valence-corrected chi connectivity index (χ4v) is 4.78. The molecule has 1 saturated heterocycles. The second-order valence-electron chi connectivity index (χ2n) is 8.98. The molecular weight excluding hydrogens is 414 g/mol. The van der Waals surface area contributed by atoms with Crippen LogP contribution >= 0.6 is 0 Å². The molecule has 0 aliphatic carbocycles. The zero-order valence-corrected chi connectivity index (χ0v) is 18.9. The van der Waals surface area contributed by atoms with Gasteiger partial charge in [-0.3, -0.25) is 4.79 Å². The maximum atomic E-state index is 11.6. The van der Waals surface area contributed by atoms with E-state index < -0.39 is 6.10 Å². The van der Waals surface area contributed by atoms with Gasteiger partial charge in [-0.15, -0.1) is 0 Å². The first kappa shape index (κ1) is 21.7. The Morgan fingerprint density at radius 3 is 2.64 bits per heavy atom. The number of ether oxygens (including phenoxy) is 1. The third kappa shape index (κ3) is 4.80. The maximum Gasteiger partial charge on any atom is 0.194 e. The largest absolute Gasteiger partial charge is 0.490 e. The van der Waals surface area contributed by atoms with Gasteiger partial charge in [0, 0.05) is 13.5 Å². The van der Waals surface area contributed by atoms with Gasteiger partial charge in [-0.05, 0) is 66.4 Å². The van der Waals surface area contributed by atoms with E-state index in [9.17, 15) is 9.90 Å². The Bertz CT molecular complexity index is 1270. The van der Waals surface area contributed by atoms with Crippen LogP contribution in [0.15, 0.2) is 71.1 Å². The highest BCUT2D eigenvalue weighted by molar-refractivity contribution is 5.97. The molecule has 0 bridgehead atoms. The number of fused-ring (bicyclic) bond motifs is 2. The zero-order chi connectivity index (χ0) is 22.8. The highest BCUT2D eigenvalue weighted by atomic mass is 16.5. The summed E-state index contributed by atoms with van der Waals surface area (Å²) in [5.41, 5.74) is 2.03. The summed E-state index contributed by atoms with van der Waals surface area (Å²) < 4.78 is 11.5. The van der Waals surface area contributed by atoms with Crippen molar-refractivity contribution in [2.45, 2.75) is 31.8 Å². The molecule has 5 nitrogen and oxygen atoms in total. The quantitative estimate of drug-likeness (QED) is 0.387. The van der Waals surface area contributed by atoms with E-state index >= 15 is 0 Å². The lowest BCUT2D eigenvalue weighted by Gasteiger charge is -2.33. The summed E-state index contributed by atoms with van der Waals surface area (Å²) in [5.74, 6) is 1.38. The number of β-amino-alcohol motifs (C(OH)–C–C–N with tert-alkyl or cyclic N) is 1. The lowest BCUT2D eigenvalue weighted by atomic mass is 9.88. The van der Waals surface area contributed by atoms with E-state index in [0.29, 0.717) is 29.6 Å². The number of nitrogens with zero attached hydrogens (tertiary/aromatic N) is 1. The number of rotatable bonds is 7. The van der Waals surface area contributed by atoms with Gasteiger partial charge in [0.05, 0.1) is 5.39 Å². The molecule has 0 unspecified atom stereocenters. The topological polar surface area (TPSA) is 62.9 Å². The third-order valence-corrected chi connectivity index (χ3v) is 6.60. The Hall–Kier alpha value is -3.15. The number of hydrogen-bond acceptors (Lipinski definition) is 5. The molecule has 1 aromatic heterocycles. The highest BCUT2D eigenvalue weighted by Crippen LogP contribution is 2.31. The zero-order valence-electron chi connectivity index (χ0n) is 18.9. The fraction of sp³-hybridized carbons (Fsp3) is 0.321. The predicted octanol–water partition coefficient (Wildman–Crippen LogP) is 5.41. The van der Waals surface area contributed by atoms with Crippen molar-refractivity contribution in [3.8, 4) is 5.75 Å². The number of carbonyl (C=O) groups excluding carboxylic acids is 1. The van der Waals surface area contributed by atoms with Crippen LogP contribution in [0.2, 0.25) is 0 Å². The highest BCUT2D eigenvalue weighted by Gasteiger charge is 2.23. The van der Waals surface area contributed by atoms with Crippen molar-refractivity contribution in [3.05, 3.63) is 78.1 Å². The van der Waals surface area contributed by atoms with Crippen molar-refractivity contribution in [3.63, 3.8) is 0 Å². The predicted molar refractivity (Wildman–Crippen MR) is 130 cm³/mol. The van der Waals surface area contributed by atoms with Crippen LogP contribution in [0.25, 0.3) is 21.7 Å². The Balaban J connectivity index is 1.14. The van der Waals surface area contributed by atoms with Crippen LogP contribution < -0.4 is 4.74 Å². The average Bonchev–Trinajstić information content (AvgIpc) is 3.28. The average molecular weight is 444 g/mol. The number of likely N-dealkylation sites (tertiary alicyclic amines) is 1. The minimum absolute atomic E-state index is 0.121. The van der Waals surface area contributed by atoms with Gasteiger partial charge in [0.15, 0.2) is 11.5 Å². The molecule has 0 amide bonds. The first-order chi connectivity index (χ1) is 16.1. The molecule has 1 aliphatic heterocycles. The summed E-state index contributed by atoms with van der Waals surface area (Å²) in [7, 11) is 0. The molecule has 1 N–H and O–H groups in total. The van der Waals surface area contributed by atoms with Gasteiger partial charge in [-0.1, -0.05) is 48.5 Å². The molecule has 5 rings (SSSR count). The number of furan rings is 1. The molecule has 1 aliphatic rings. The lowest BCUT2D eigenvalue weighted by Crippen LogP contribution is -2.40. The van der Waals surface area contributed by atoms with E-state index in [0.717, 1.165) is 31.3 Å². The second-order valence-corrected chi connectivity index (χ2v) is 8.98. The van der Waals surface area contributed by atoms with Gasteiger partial charge in [0.1, 0.15) is 24.0 Å². The fourth-order valence-electron chi connectivity index (χ4n) is 4.78. The van der Waals surface area contributed by atoms with Crippen molar-refractivity contribution in [1.82, 2.24) is 4.90 Å². The van der Waals surface area contributed by atoms with Crippen LogP contribution in [0, 0.1) is 0 Å². The van der Waals surface area contributed by atoms with E-state index in [2.05, 4.69) is 47.4 Å². The summed E-state index contributed by atoms with van der Waals surface area (Å²) in [6.07, 6.45) is 1.60. The standard InChI is InChI=1S/C28H29NO4/c1-19(30)28-16-25-26(7-4-8-27(25)33-28)32-18-24(31)17-29-13-11-21(12-14-29)23-10-9-20-5-2-3-6-22(20)15-23/h2-10,15-16,21,24,31H,11-14,17-18H2,1H3/t24-/m0/s1. The Kier molecular flexibility index (Phi) is 6.16. The Labute approximate surface area is 193 Å². The molecule has 1 fully saturated rings. The SMILES string of the molecule is CC(=O)c1cc2c(OC[C@@H](O)CN3CCC(c4ccc5ccccc5c4)CC3)cccc2o1. The first-order valence-corrected chi connectivity index (χ1v) is 11.6. The number of aliphatic hydroxyl groups is 1. The lowest BCUT2D eigenvalue weighted by molar-refractivity contribution is 0.0599. The van der Waals surface area contributed by atoms with E-state index in [1.165, 1.54) is 23.3 Å². The van der Waals surface area contributed by atoms with Gasteiger partial charge in [-0.2, -0.15) is 0 Å². The van der Waals surface area contributed by atoms with Gasteiger partial charge in [0.2, 0.25) is 0 Å². The van der Waals surface area contributed by atoms with Crippen LogP contribution in [0.3, 0.4) is 0 Å². The molecular formula is C28H29NO4. The maximum absolute atomic E-state index is 11.6. The molecule has 2 heterocycles. The molecule has 0 saturated carbocycles.